The highest BCUT2D eigenvalue weighted by atomic mass is 79.9. The molecule has 0 unspecified atom stereocenters. The summed E-state index contributed by atoms with van der Waals surface area (Å²) in [6.07, 6.45) is 2.27. The van der Waals surface area contributed by atoms with Gasteiger partial charge in [0.15, 0.2) is 0 Å². The topological polar surface area (TPSA) is 35.0 Å². The zero-order valence-electron chi connectivity index (χ0n) is 10.4. The van der Waals surface area contributed by atoms with Gasteiger partial charge in [0.1, 0.15) is 16.7 Å². The molecule has 0 bridgehead atoms. The van der Waals surface area contributed by atoms with Gasteiger partial charge in [-0.2, -0.15) is 4.98 Å². The van der Waals surface area contributed by atoms with E-state index < -0.39 is 0 Å². The van der Waals surface area contributed by atoms with Crippen LogP contribution in [0.25, 0.3) is 0 Å². The molecular weight excluding hydrogens is 328 g/mol. The lowest BCUT2D eigenvalue weighted by Crippen LogP contribution is -1.96. The van der Waals surface area contributed by atoms with Crippen LogP contribution >= 0.6 is 27.5 Å². The van der Waals surface area contributed by atoms with Crippen LogP contribution in [0.3, 0.4) is 0 Å². The first-order valence-corrected chi connectivity index (χ1v) is 7.27. The van der Waals surface area contributed by atoms with E-state index in [4.69, 9.17) is 16.3 Å². The van der Waals surface area contributed by atoms with E-state index >= 15 is 0 Å². The Labute approximate surface area is 125 Å². The lowest BCUT2D eigenvalue weighted by atomic mass is 10.2. The molecule has 0 radical (unpaired) electrons. The standard InChI is InChI=1S/C14H12BrClN2O/c1-8-2-5-11(10(15)6-8)19-13-7-12(16)17-14(18-13)9-3-4-9/h2,5-7,9H,3-4H2,1H3. The van der Waals surface area contributed by atoms with Gasteiger partial charge < -0.3 is 4.74 Å². The van der Waals surface area contributed by atoms with E-state index in [0.29, 0.717) is 17.0 Å². The van der Waals surface area contributed by atoms with Crippen LogP contribution in [0.1, 0.15) is 30.1 Å². The molecule has 0 aliphatic heterocycles. The fraction of sp³-hybridized carbons (Fsp3) is 0.286. The van der Waals surface area contributed by atoms with E-state index in [9.17, 15) is 0 Å². The first kappa shape index (κ1) is 12.9. The van der Waals surface area contributed by atoms with Crippen LogP contribution in [0.5, 0.6) is 11.6 Å². The van der Waals surface area contributed by atoms with Gasteiger partial charge >= 0.3 is 0 Å². The Balaban J connectivity index is 1.89. The average molecular weight is 340 g/mol. The zero-order valence-corrected chi connectivity index (χ0v) is 12.7. The third-order valence-electron chi connectivity index (χ3n) is 2.93. The van der Waals surface area contributed by atoms with Crippen LogP contribution in [0.2, 0.25) is 5.15 Å². The molecule has 1 heterocycles. The van der Waals surface area contributed by atoms with E-state index in [1.54, 1.807) is 6.07 Å². The molecule has 2 aromatic rings. The minimum absolute atomic E-state index is 0.426. The summed E-state index contributed by atoms with van der Waals surface area (Å²) in [5.41, 5.74) is 1.17. The van der Waals surface area contributed by atoms with Gasteiger partial charge in [-0.1, -0.05) is 17.7 Å². The van der Waals surface area contributed by atoms with E-state index in [-0.39, 0.29) is 0 Å². The van der Waals surface area contributed by atoms with Crippen molar-refractivity contribution in [3.05, 3.63) is 45.3 Å². The summed E-state index contributed by atoms with van der Waals surface area (Å²) in [4.78, 5) is 8.65. The van der Waals surface area contributed by atoms with Crippen molar-refractivity contribution in [1.29, 1.82) is 0 Å². The van der Waals surface area contributed by atoms with E-state index in [1.807, 2.05) is 25.1 Å². The first-order valence-electron chi connectivity index (χ1n) is 6.10. The fourth-order valence-electron chi connectivity index (χ4n) is 1.79. The van der Waals surface area contributed by atoms with Gasteiger partial charge in [0.05, 0.1) is 4.47 Å². The van der Waals surface area contributed by atoms with Crippen molar-refractivity contribution in [2.75, 3.05) is 0 Å². The molecule has 3 nitrogen and oxygen atoms in total. The highest BCUT2D eigenvalue weighted by Gasteiger charge is 2.27. The van der Waals surface area contributed by atoms with E-state index in [0.717, 1.165) is 28.9 Å². The number of hydrogen-bond acceptors (Lipinski definition) is 3. The molecule has 19 heavy (non-hydrogen) atoms. The Bertz CT molecular complexity index is 629. The highest BCUT2D eigenvalue weighted by Crippen LogP contribution is 2.39. The first-order chi connectivity index (χ1) is 9.11. The molecule has 1 aliphatic rings. The molecule has 0 spiro atoms. The molecule has 1 aliphatic carbocycles. The molecule has 1 saturated carbocycles. The molecular formula is C14H12BrClN2O. The lowest BCUT2D eigenvalue weighted by Gasteiger charge is -2.08. The number of aryl methyl sites for hydroxylation is 1. The molecule has 5 heteroatoms. The predicted molar refractivity (Wildman–Crippen MR) is 78.0 cm³/mol. The van der Waals surface area contributed by atoms with Gasteiger partial charge in [0.2, 0.25) is 5.88 Å². The highest BCUT2D eigenvalue weighted by molar-refractivity contribution is 9.10. The Morgan fingerprint density at radius 3 is 2.74 bits per heavy atom. The molecule has 1 aromatic carbocycles. The Hall–Kier alpha value is -1.13. The zero-order chi connectivity index (χ0) is 13.4. The molecule has 0 atom stereocenters. The number of hydrogen-bond donors (Lipinski definition) is 0. The van der Waals surface area contributed by atoms with Gasteiger partial charge in [0.25, 0.3) is 0 Å². The Morgan fingerprint density at radius 2 is 2.05 bits per heavy atom. The molecule has 0 saturated heterocycles. The van der Waals surface area contributed by atoms with Crippen molar-refractivity contribution in [3.63, 3.8) is 0 Å². The van der Waals surface area contributed by atoms with Crippen molar-refractivity contribution in [3.8, 4) is 11.6 Å². The van der Waals surface area contributed by atoms with Crippen LogP contribution in [-0.4, -0.2) is 9.97 Å². The van der Waals surface area contributed by atoms with Crippen molar-refractivity contribution < 1.29 is 4.74 Å². The summed E-state index contributed by atoms with van der Waals surface area (Å²) >= 11 is 9.49. The lowest BCUT2D eigenvalue weighted by molar-refractivity contribution is 0.455. The van der Waals surface area contributed by atoms with Gasteiger partial charge in [-0.25, -0.2) is 4.98 Å². The molecule has 0 amide bonds. The average Bonchev–Trinajstić information content (AvgIpc) is 3.16. The normalized spacial score (nSPS) is 14.5. The van der Waals surface area contributed by atoms with E-state index in [2.05, 4.69) is 25.9 Å². The molecule has 3 rings (SSSR count). The SMILES string of the molecule is Cc1ccc(Oc2cc(Cl)nc(C3CC3)n2)c(Br)c1. The quantitative estimate of drug-likeness (QED) is 0.748. The summed E-state index contributed by atoms with van der Waals surface area (Å²) in [6.45, 7) is 2.03. The van der Waals surface area contributed by atoms with Crippen LogP contribution in [0.15, 0.2) is 28.7 Å². The second-order valence-electron chi connectivity index (χ2n) is 4.70. The number of rotatable bonds is 3. The summed E-state index contributed by atoms with van der Waals surface area (Å²) < 4.78 is 6.68. The van der Waals surface area contributed by atoms with Crippen LogP contribution in [-0.2, 0) is 0 Å². The minimum atomic E-state index is 0.426. The van der Waals surface area contributed by atoms with Crippen LogP contribution in [0, 0.1) is 6.92 Å². The van der Waals surface area contributed by atoms with Crippen molar-refractivity contribution in [2.24, 2.45) is 0 Å². The van der Waals surface area contributed by atoms with Crippen molar-refractivity contribution >= 4 is 27.5 Å². The predicted octanol–water partition coefficient (Wildman–Crippen LogP) is 4.87. The molecule has 98 valence electrons. The maximum atomic E-state index is 6.01. The number of benzene rings is 1. The third kappa shape index (κ3) is 3.07. The Morgan fingerprint density at radius 1 is 1.26 bits per heavy atom. The van der Waals surface area contributed by atoms with Gasteiger partial charge in [-0.15, -0.1) is 0 Å². The van der Waals surface area contributed by atoms with Gasteiger partial charge in [-0.05, 0) is 53.4 Å². The van der Waals surface area contributed by atoms with E-state index in [1.165, 1.54) is 5.56 Å². The fourth-order valence-corrected chi connectivity index (χ4v) is 2.55. The maximum absolute atomic E-state index is 6.01. The second kappa shape index (κ2) is 5.10. The largest absolute Gasteiger partial charge is 0.438 e. The Kier molecular flexibility index (Phi) is 3.46. The van der Waals surface area contributed by atoms with Gasteiger partial charge in [0, 0.05) is 12.0 Å². The van der Waals surface area contributed by atoms with Crippen LogP contribution in [0.4, 0.5) is 0 Å². The third-order valence-corrected chi connectivity index (χ3v) is 3.75. The summed E-state index contributed by atoms with van der Waals surface area (Å²) in [7, 11) is 0. The number of nitrogens with zero attached hydrogens (tertiary/aromatic N) is 2. The maximum Gasteiger partial charge on any atom is 0.224 e. The number of ether oxygens (including phenoxy) is 1. The summed E-state index contributed by atoms with van der Waals surface area (Å²) in [5, 5.41) is 0.426. The molecule has 1 aromatic heterocycles. The molecule has 0 N–H and O–H groups in total. The van der Waals surface area contributed by atoms with Crippen molar-refractivity contribution in [2.45, 2.75) is 25.7 Å². The monoisotopic (exact) mass is 338 g/mol. The summed E-state index contributed by atoms with van der Waals surface area (Å²) in [5.74, 6) is 2.45. The summed E-state index contributed by atoms with van der Waals surface area (Å²) in [6, 6.07) is 7.54. The molecule has 1 fully saturated rings. The smallest absolute Gasteiger partial charge is 0.224 e. The van der Waals surface area contributed by atoms with Crippen molar-refractivity contribution in [1.82, 2.24) is 9.97 Å². The second-order valence-corrected chi connectivity index (χ2v) is 5.94. The van der Waals surface area contributed by atoms with Crippen LogP contribution < -0.4 is 4.74 Å². The minimum Gasteiger partial charge on any atom is -0.438 e. The number of halogens is 2. The van der Waals surface area contributed by atoms with Gasteiger partial charge in [-0.3, -0.25) is 0 Å². The number of aromatic nitrogens is 2.